The Labute approximate surface area is 86.1 Å². The molecular formula is C6H4BrNO4Se. The first-order chi connectivity index (χ1) is 6.02. The number of benzene rings is 1. The Morgan fingerprint density at radius 2 is 2.15 bits per heavy atom. The Hall–Kier alpha value is -0.621. The van der Waals surface area contributed by atoms with Crippen LogP contribution in [0.3, 0.4) is 0 Å². The van der Waals surface area contributed by atoms with Crippen LogP contribution < -0.4 is 4.46 Å². The summed E-state index contributed by atoms with van der Waals surface area (Å²) in [5, 5.41) is 10.3. The second-order valence-corrected chi connectivity index (χ2v) is 5.01. The number of hydrogen-bond acceptors (Lipinski definition) is 3. The minimum absolute atomic E-state index is 0.115. The molecule has 0 saturated carbocycles. The van der Waals surface area contributed by atoms with E-state index in [9.17, 15) is 13.9 Å². The number of nitrogens with zero attached hydrogens (tertiary/aromatic N) is 1. The van der Waals surface area contributed by atoms with Crippen LogP contribution >= 0.6 is 15.9 Å². The first-order valence-electron chi connectivity index (χ1n) is 3.07. The van der Waals surface area contributed by atoms with Crippen LogP contribution in [0.5, 0.6) is 0 Å². The van der Waals surface area contributed by atoms with Gasteiger partial charge in [-0.3, -0.25) is 0 Å². The fourth-order valence-corrected chi connectivity index (χ4v) is 2.45. The fourth-order valence-electron chi connectivity index (χ4n) is 0.744. The minimum atomic E-state index is -2.99. The second-order valence-electron chi connectivity index (χ2n) is 2.12. The maximum atomic E-state index is 10.7. The molecule has 1 atom stereocenters. The first-order valence-corrected chi connectivity index (χ1v) is 6.18. The van der Waals surface area contributed by atoms with Crippen molar-refractivity contribution in [2.24, 2.45) is 0 Å². The van der Waals surface area contributed by atoms with E-state index in [2.05, 4.69) is 15.9 Å². The molecule has 13 heavy (non-hydrogen) atoms. The molecule has 0 spiro atoms. The molecular weight excluding hydrogens is 309 g/mol. The van der Waals surface area contributed by atoms with Gasteiger partial charge >= 0.3 is 86.0 Å². The number of rotatable bonds is 2. The molecule has 1 aromatic carbocycles. The van der Waals surface area contributed by atoms with Crippen molar-refractivity contribution in [1.82, 2.24) is 0 Å². The van der Waals surface area contributed by atoms with Crippen molar-refractivity contribution in [1.29, 1.82) is 0 Å². The molecule has 1 rings (SSSR count). The normalized spacial score (nSPS) is 12.5. The van der Waals surface area contributed by atoms with Crippen LogP contribution in [-0.4, -0.2) is 23.3 Å². The molecule has 1 aromatic rings. The molecule has 0 aromatic heterocycles. The van der Waals surface area contributed by atoms with Gasteiger partial charge in [-0.15, -0.1) is 0 Å². The van der Waals surface area contributed by atoms with Gasteiger partial charge in [0, 0.05) is 0 Å². The summed E-state index contributed by atoms with van der Waals surface area (Å²) < 4.78 is 19.8. The van der Waals surface area contributed by atoms with Gasteiger partial charge in [0.05, 0.1) is 0 Å². The summed E-state index contributed by atoms with van der Waals surface area (Å²) >= 11 is -0.0424. The summed E-state index contributed by atoms with van der Waals surface area (Å²) in [5.41, 5.74) is -0.115. The molecule has 0 aliphatic rings. The third-order valence-electron chi connectivity index (χ3n) is 1.32. The topological polar surface area (TPSA) is 80.4 Å². The van der Waals surface area contributed by atoms with Crippen LogP contribution in [-0.2, 0) is 3.83 Å². The molecule has 7 heteroatoms. The SMILES string of the molecule is O=[N+]([O-])c1ccc([Se](=O)O)cc1Br. The van der Waals surface area contributed by atoms with Crippen LogP contribution in [0.15, 0.2) is 22.7 Å². The van der Waals surface area contributed by atoms with E-state index in [1.165, 1.54) is 18.2 Å². The molecule has 0 heterocycles. The van der Waals surface area contributed by atoms with Crippen molar-refractivity contribution in [3.63, 3.8) is 0 Å². The fraction of sp³-hybridized carbons (Fsp3) is 0. The molecule has 0 amide bonds. The predicted molar refractivity (Wildman–Crippen MR) is 49.1 cm³/mol. The van der Waals surface area contributed by atoms with Crippen LogP contribution in [0.1, 0.15) is 0 Å². The van der Waals surface area contributed by atoms with Crippen molar-refractivity contribution < 1.29 is 12.9 Å². The summed E-state index contributed by atoms with van der Waals surface area (Å²) in [6.07, 6.45) is 0. The second kappa shape index (κ2) is 4.06. The van der Waals surface area contributed by atoms with Crippen molar-refractivity contribution in [2.75, 3.05) is 0 Å². The standard InChI is InChI=1S/C6H4BrNO4Se/c7-5-3-4(13(11)12)1-2-6(5)8(9)10/h1-3H,(H,11,12). The Bertz CT molecular complexity index is 381. The zero-order chi connectivity index (χ0) is 10.0. The monoisotopic (exact) mass is 313 g/mol. The van der Waals surface area contributed by atoms with E-state index in [-0.39, 0.29) is 14.6 Å². The first kappa shape index (κ1) is 10.5. The Balaban J connectivity index is 3.20. The predicted octanol–water partition coefficient (Wildman–Crippen LogP) is 0.475. The van der Waals surface area contributed by atoms with E-state index in [0.717, 1.165) is 0 Å². The average molecular weight is 313 g/mol. The maximum absolute atomic E-state index is 10.7. The summed E-state index contributed by atoms with van der Waals surface area (Å²) in [6, 6.07) is 3.76. The van der Waals surface area contributed by atoms with Crippen molar-refractivity contribution in [2.45, 2.75) is 0 Å². The molecule has 0 aliphatic carbocycles. The summed E-state index contributed by atoms with van der Waals surface area (Å²) in [4.78, 5) is 9.78. The molecule has 5 nitrogen and oxygen atoms in total. The van der Waals surface area contributed by atoms with Gasteiger partial charge in [-0.1, -0.05) is 0 Å². The molecule has 0 fully saturated rings. The van der Waals surface area contributed by atoms with Gasteiger partial charge in [-0.25, -0.2) is 0 Å². The number of halogens is 1. The quantitative estimate of drug-likeness (QED) is 0.489. The molecule has 0 radical (unpaired) electrons. The van der Waals surface area contributed by atoms with Gasteiger partial charge in [-0.2, -0.15) is 0 Å². The van der Waals surface area contributed by atoms with Crippen LogP contribution in [0.2, 0.25) is 0 Å². The molecule has 1 unspecified atom stereocenters. The van der Waals surface area contributed by atoms with E-state index in [0.29, 0.717) is 0 Å². The Morgan fingerprint density at radius 3 is 2.54 bits per heavy atom. The van der Waals surface area contributed by atoms with E-state index >= 15 is 0 Å². The molecule has 0 aliphatic heterocycles. The van der Waals surface area contributed by atoms with Gasteiger partial charge in [0.25, 0.3) is 0 Å². The van der Waals surface area contributed by atoms with E-state index in [1.54, 1.807) is 0 Å². The molecule has 70 valence electrons. The molecule has 1 N–H and O–H groups in total. The third-order valence-corrected chi connectivity index (χ3v) is 3.33. The molecule has 0 bridgehead atoms. The van der Waals surface area contributed by atoms with Crippen molar-refractivity contribution in [3.8, 4) is 0 Å². The van der Waals surface area contributed by atoms with Gasteiger partial charge < -0.3 is 0 Å². The third kappa shape index (κ3) is 2.41. The number of hydrogen-bond donors (Lipinski definition) is 1. The van der Waals surface area contributed by atoms with Gasteiger partial charge in [0.15, 0.2) is 0 Å². The molecule has 0 saturated heterocycles. The van der Waals surface area contributed by atoms with Crippen molar-refractivity contribution in [3.05, 3.63) is 32.8 Å². The average Bonchev–Trinajstić information content (AvgIpc) is 2.03. The van der Waals surface area contributed by atoms with Crippen LogP contribution in [0, 0.1) is 10.1 Å². The van der Waals surface area contributed by atoms with Gasteiger partial charge in [-0.05, 0) is 0 Å². The zero-order valence-corrected chi connectivity index (χ0v) is 9.44. The number of nitro groups is 1. The number of nitro benzene ring substituents is 1. The summed E-state index contributed by atoms with van der Waals surface area (Å²) in [6.45, 7) is 0. The Kier molecular flexibility index (Phi) is 3.27. The van der Waals surface area contributed by atoms with Gasteiger partial charge in [0.1, 0.15) is 0 Å². The van der Waals surface area contributed by atoms with E-state index in [4.69, 9.17) is 4.19 Å². The van der Waals surface area contributed by atoms with E-state index in [1.807, 2.05) is 0 Å². The van der Waals surface area contributed by atoms with E-state index < -0.39 is 19.1 Å². The Morgan fingerprint density at radius 1 is 1.54 bits per heavy atom. The van der Waals surface area contributed by atoms with Crippen LogP contribution in [0.4, 0.5) is 5.69 Å². The van der Waals surface area contributed by atoms with Crippen molar-refractivity contribution >= 4 is 40.2 Å². The summed E-state index contributed by atoms with van der Waals surface area (Å²) in [5.74, 6) is 0. The zero-order valence-electron chi connectivity index (χ0n) is 6.14. The summed E-state index contributed by atoms with van der Waals surface area (Å²) in [7, 11) is 0. The van der Waals surface area contributed by atoms with Gasteiger partial charge in [0.2, 0.25) is 0 Å². The van der Waals surface area contributed by atoms with Crippen LogP contribution in [0.25, 0.3) is 0 Å².